The summed E-state index contributed by atoms with van der Waals surface area (Å²) in [7, 11) is 0. The molecule has 7 nitrogen and oxygen atoms in total. The molecule has 98 valence electrons. The number of esters is 1. The number of rotatable bonds is 4. The van der Waals surface area contributed by atoms with E-state index >= 15 is 0 Å². The highest BCUT2D eigenvalue weighted by Gasteiger charge is 2.10. The number of imidazole rings is 2. The van der Waals surface area contributed by atoms with Crippen LogP contribution in [0.5, 0.6) is 0 Å². The first-order valence-electron chi connectivity index (χ1n) is 6.07. The summed E-state index contributed by atoms with van der Waals surface area (Å²) in [6.45, 7) is 2.69. The highest BCUT2D eigenvalue weighted by molar-refractivity contribution is 5.85. The van der Waals surface area contributed by atoms with Crippen LogP contribution in [0.2, 0.25) is 0 Å². The maximum absolute atomic E-state index is 11.4. The standard InChI is InChI=1S/C12H13N5O2/c1-2-19-9(18)3-5-16-7-14-10-11-13-4-6-17(11)8-15-12(10)16/h4,6-8H,2-3,5H2,1H3. The fourth-order valence-corrected chi connectivity index (χ4v) is 1.98. The summed E-state index contributed by atoms with van der Waals surface area (Å²) in [4.78, 5) is 24.2. The number of hydrogen-bond acceptors (Lipinski definition) is 5. The first-order valence-corrected chi connectivity index (χ1v) is 6.07. The van der Waals surface area contributed by atoms with E-state index in [9.17, 15) is 4.79 Å². The number of hydrogen-bond donors (Lipinski definition) is 0. The van der Waals surface area contributed by atoms with Crippen molar-refractivity contribution in [2.75, 3.05) is 6.61 Å². The largest absolute Gasteiger partial charge is 0.466 e. The van der Waals surface area contributed by atoms with E-state index in [4.69, 9.17) is 4.74 Å². The molecule has 3 rings (SSSR count). The van der Waals surface area contributed by atoms with E-state index in [-0.39, 0.29) is 5.97 Å². The third kappa shape index (κ3) is 2.03. The monoisotopic (exact) mass is 259 g/mol. The van der Waals surface area contributed by atoms with Crippen molar-refractivity contribution < 1.29 is 9.53 Å². The van der Waals surface area contributed by atoms with Crippen molar-refractivity contribution in [2.24, 2.45) is 0 Å². The zero-order valence-corrected chi connectivity index (χ0v) is 10.5. The number of aromatic nitrogens is 5. The molecular formula is C12H13N5O2. The Hall–Kier alpha value is -2.44. The third-order valence-corrected chi connectivity index (χ3v) is 2.86. The van der Waals surface area contributed by atoms with Crippen LogP contribution in [0, 0.1) is 0 Å². The third-order valence-electron chi connectivity index (χ3n) is 2.86. The molecule has 3 aromatic heterocycles. The van der Waals surface area contributed by atoms with Gasteiger partial charge in [0.2, 0.25) is 0 Å². The van der Waals surface area contributed by atoms with Gasteiger partial charge < -0.3 is 9.30 Å². The second-order valence-corrected chi connectivity index (χ2v) is 4.07. The van der Waals surface area contributed by atoms with Crippen LogP contribution < -0.4 is 0 Å². The van der Waals surface area contributed by atoms with Crippen LogP contribution in [-0.4, -0.2) is 36.5 Å². The lowest BCUT2D eigenvalue weighted by atomic mass is 10.4. The summed E-state index contributed by atoms with van der Waals surface area (Å²) in [6, 6.07) is 0. The van der Waals surface area contributed by atoms with Crippen molar-refractivity contribution in [3.63, 3.8) is 0 Å². The van der Waals surface area contributed by atoms with Gasteiger partial charge in [-0.2, -0.15) is 0 Å². The molecule has 0 aromatic carbocycles. The zero-order valence-electron chi connectivity index (χ0n) is 10.5. The molecule has 7 heteroatoms. The van der Waals surface area contributed by atoms with E-state index in [1.165, 1.54) is 0 Å². The average molecular weight is 259 g/mol. The molecule has 0 fully saturated rings. The molecule has 0 aliphatic rings. The van der Waals surface area contributed by atoms with Crippen molar-refractivity contribution in [1.82, 2.24) is 23.9 Å². The molecule has 0 spiro atoms. The summed E-state index contributed by atoms with van der Waals surface area (Å²) in [5.41, 5.74) is 2.22. The average Bonchev–Trinajstić information content (AvgIpc) is 3.02. The van der Waals surface area contributed by atoms with Gasteiger partial charge in [0.25, 0.3) is 0 Å². The molecule has 0 saturated heterocycles. The number of fused-ring (bicyclic) bond motifs is 3. The molecule has 0 atom stereocenters. The maximum Gasteiger partial charge on any atom is 0.307 e. The van der Waals surface area contributed by atoms with Gasteiger partial charge in [0.05, 0.1) is 19.4 Å². The number of aryl methyl sites for hydroxylation is 1. The smallest absolute Gasteiger partial charge is 0.307 e. The lowest BCUT2D eigenvalue weighted by molar-refractivity contribution is -0.143. The van der Waals surface area contributed by atoms with Gasteiger partial charge in [0.1, 0.15) is 6.33 Å². The summed E-state index contributed by atoms with van der Waals surface area (Å²) >= 11 is 0. The van der Waals surface area contributed by atoms with Crippen LogP contribution >= 0.6 is 0 Å². The van der Waals surface area contributed by atoms with Crippen LogP contribution in [0.25, 0.3) is 16.8 Å². The normalized spacial score (nSPS) is 11.2. The van der Waals surface area contributed by atoms with Gasteiger partial charge in [-0.15, -0.1) is 0 Å². The van der Waals surface area contributed by atoms with Crippen LogP contribution in [0.15, 0.2) is 25.0 Å². The zero-order chi connectivity index (χ0) is 13.2. The summed E-state index contributed by atoms with van der Waals surface area (Å²) in [5.74, 6) is -0.216. The molecule has 19 heavy (non-hydrogen) atoms. The molecule has 0 bridgehead atoms. The van der Waals surface area contributed by atoms with Gasteiger partial charge in [-0.25, -0.2) is 15.0 Å². The van der Waals surface area contributed by atoms with Gasteiger partial charge >= 0.3 is 5.97 Å². The van der Waals surface area contributed by atoms with E-state index in [2.05, 4.69) is 15.0 Å². The summed E-state index contributed by atoms with van der Waals surface area (Å²) < 4.78 is 8.55. The lowest BCUT2D eigenvalue weighted by Gasteiger charge is -2.03. The van der Waals surface area contributed by atoms with Crippen LogP contribution in [0.3, 0.4) is 0 Å². The topological polar surface area (TPSA) is 74.3 Å². The summed E-state index contributed by atoms with van der Waals surface area (Å²) in [6.07, 6.45) is 7.19. The first kappa shape index (κ1) is 11.6. The first-order chi connectivity index (χ1) is 9.29. The maximum atomic E-state index is 11.4. The van der Waals surface area contributed by atoms with Gasteiger partial charge in [0.15, 0.2) is 16.8 Å². The number of nitrogens with zero attached hydrogens (tertiary/aromatic N) is 5. The molecule has 0 unspecified atom stereocenters. The van der Waals surface area contributed by atoms with Gasteiger partial charge in [-0.3, -0.25) is 9.20 Å². The van der Waals surface area contributed by atoms with Crippen molar-refractivity contribution in [1.29, 1.82) is 0 Å². The molecular weight excluding hydrogens is 246 g/mol. The fraction of sp³-hybridized carbons (Fsp3) is 0.333. The molecule has 0 aliphatic carbocycles. The van der Waals surface area contributed by atoms with Crippen molar-refractivity contribution in [2.45, 2.75) is 19.9 Å². The number of carbonyl (C=O) groups excluding carboxylic acids is 1. The van der Waals surface area contributed by atoms with Gasteiger partial charge in [-0.05, 0) is 6.92 Å². The number of ether oxygens (including phenoxy) is 1. The Morgan fingerprint density at radius 3 is 3.00 bits per heavy atom. The predicted molar refractivity (Wildman–Crippen MR) is 67.5 cm³/mol. The molecule has 0 radical (unpaired) electrons. The van der Waals surface area contributed by atoms with E-state index in [0.717, 1.165) is 16.8 Å². The Morgan fingerprint density at radius 2 is 2.16 bits per heavy atom. The minimum atomic E-state index is -0.216. The molecule has 3 heterocycles. The predicted octanol–water partition coefficient (Wildman–Crippen LogP) is 1.03. The van der Waals surface area contributed by atoms with Gasteiger partial charge in [0, 0.05) is 18.9 Å². The second kappa shape index (κ2) is 4.68. The minimum absolute atomic E-state index is 0.216. The highest BCUT2D eigenvalue weighted by atomic mass is 16.5. The van der Waals surface area contributed by atoms with E-state index in [0.29, 0.717) is 19.6 Å². The molecule has 3 aromatic rings. The van der Waals surface area contributed by atoms with E-state index in [1.54, 1.807) is 25.8 Å². The van der Waals surface area contributed by atoms with Crippen molar-refractivity contribution in [3.05, 3.63) is 25.0 Å². The second-order valence-electron chi connectivity index (χ2n) is 4.07. The Labute approximate surface area is 108 Å². The van der Waals surface area contributed by atoms with Crippen molar-refractivity contribution in [3.8, 4) is 0 Å². The van der Waals surface area contributed by atoms with E-state index < -0.39 is 0 Å². The van der Waals surface area contributed by atoms with Crippen LogP contribution in [0.1, 0.15) is 13.3 Å². The quantitative estimate of drug-likeness (QED) is 0.654. The summed E-state index contributed by atoms with van der Waals surface area (Å²) in [5, 5.41) is 0. The molecule has 0 saturated carbocycles. The highest BCUT2D eigenvalue weighted by Crippen LogP contribution is 2.15. The van der Waals surface area contributed by atoms with Gasteiger partial charge in [-0.1, -0.05) is 0 Å². The molecule has 0 aliphatic heterocycles. The fourth-order valence-electron chi connectivity index (χ4n) is 1.98. The van der Waals surface area contributed by atoms with Crippen molar-refractivity contribution >= 4 is 22.8 Å². The van der Waals surface area contributed by atoms with Crippen LogP contribution in [-0.2, 0) is 16.1 Å². The molecule has 0 N–H and O–H groups in total. The van der Waals surface area contributed by atoms with E-state index in [1.807, 2.05) is 15.2 Å². The minimum Gasteiger partial charge on any atom is -0.466 e. The molecule has 0 amide bonds. The Balaban J connectivity index is 1.90. The Bertz CT molecular complexity index is 730. The van der Waals surface area contributed by atoms with Crippen LogP contribution in [0.4, 0.5) is 0 Å². The SMILES string of the molecule is CCOC(=O)CCn1cnc2c1ncn1ccnc21. The Kier molecular flexibility index (Phi) is 2.86. The lowest BCUT2D eigenvalue weighted by Crippen LogP contribution is -2.08. The Morgan fingerprint density at radius 1 is 1.26 bits per heavy atom. The number of carbonyl (C=O) groups is 1.